The molecule has 17 heavy (non-hydrogen) atoms. The Bertz CT molecular complexity index is 450. The molecule has 2 rings (SSSR count). The molecule has 0 spiro atoms. The number of hydrogen-bond donors (Lipinski definition) is 1. The highest BCUT2D eigenvalue weighted by molar-refractivity contribution is 5.58. The van der Waals surface area contributed by atoms with Crippen molar-refractivity contribution in [1.29, 1.82) is 0 Å². The van der Waals surface area contributed by atoms with Crippen molar-refractivity contribution in [2.45, 2.75) is 0 Å². The molecule has 0 fully saturated rings. The van der Waals surface area contributed by atoms with Crippen LogP contribution in [-0.2, 0) is 0 Å². The Morgan fingerprint density at radius 3 is 2.47 bits per heavy atom. The molecule has 1 aromatic carbocycles. The largest absolute Gasteiger partial charge is 0.387 e. The summed E-state index contributed by atoms with van der Waals surface area (Å²) in [6.07, 6.45) is 10.5. The normalized spacial score (nSPS) is 14.6. The molecule has 1 heterocycles. The third-order valence-corrected chi connectivity index (χ3v) is 2.73. The van der Waals surface area contributed by atoms with Crippen molar-refractivity contribution in [3.8, 4) is 0 Å². The average Bonchev–Trinajstić information content (AvgIpc) is 2.38. The van der Waals surface area contributed by atoms with Crippen molar-refractivity contribution < 1.29 is 0 Å². The van der Waals surface area contributed by atoms with Crippen LogP contribution in [-0.4, -0.2) is 20.6 Å². The molecule has 1 aromatic rings. The molecule has 0 atom stereocenters. The minimum atomic E-state index is 0.912. The van der Waals surface area contributed by atoms with E-state index >= 15 is 0 Å². The van der Waals surface area contributed by atoms with Crippen molar-refractivity contribution in [2.75, 3.05) is 25.5 Å². The summed E-state index contributed by atoms with van der Waals surface area (Å²) in [4.78, 5) is 2.10. The van der Waals surface area contributed by atoms with Gasteiger partial charge >= 0.3 is 0 Å². The number of rotatable bonds is 3. The van der Waals surface area contributed by atoms with Gasteiger partial charge in [-0.05, 0) is 35.5 Å². The van der Waals surface area contributed by atoms with Crippen LogP contribution in [0.2, 0.25) is 0 Å². The van der Waals surface area contributed by atoms with E-state index in [0.717, 1.165) is 6.54 Å². The Morgan fingerprint density at radius 2 is 1.88 bits per heavy atom. The molecule has 2 heteroatoms. The zero-order chi connectivity index (χ0) is 12.1. The summed E-state index contributed by atoms with van der Waals surface area (Å²) < 4.78 is 0. The van der Waals surface area contributed by atoms with Crippen LogP contribution in [0, 0.1) is 0 Å². The predicted molar refractivity (Wildman–Crippen MR) is 75.0 cm³/mol. The van der Waals surface area contributed by atoms with E-state index in [1.165, 1.54) is 16.8 Å². The highest BCUT2D eigenvalue weighted by Gasteiger charge is 1.94. The zero-order valence-electron chi connectivity index (χ0n) is 10.4. The lowest BCUT2D eigenvalue weighted by Gasteiger charge is -2.11. The van der Waals surface area contributed by atoms with Gasteiger partial charge in [0.25, 0.3) is 0 Å². The number of hydrogen-bond acceptors (Lipinski definition) is 2. The summed E-state index contributed by atoms with van der Waals surface area (Å²) in [6.45, 7) is 0.912. The fraction of sp³-hybridized carbons (Fsp3) is 0.200. The van der Waals surface area contributed by atoms with Gasteiger partial charge in [0, 0.05) is 26.3 Å². The predicted octanol–water partition coefficient (Wildman–Crippen LogP) is 2.81. The highest BCUT2D eigenvalue weighted by Crippen LogP contribution is 2.14. The summed E-state index contributed by atoms with van der Waals surface area (Å²) in [5.41, 5.74) is 3.70. The van der Waals surface area contributed by atoms with Gasteiger partial charge < -0.3 is 10.2 Å². The third kappa shape index (κ3) is 3.25. The Labute approximate surface area is 103 Å². The van der Waals surface area contributed by atoms with Gasteiger partial charge in [-0.1, -0.05) is 30.4 Å². The molecule has 0 aromatic heterocycles. The SMILES string of the molecule is CN(C)c1ccc(/C=C/C2=CCNC=C2)cc1. The molecule has 0 unspecified atom stereocenters. The Balaban J connectivity index is 2.06. The van der Waals surface area contributed by atoms with Gasteiger partial charge in [0.15, 0.2) is 0 Å². The van der Waals surface area contributed by atoms with Crippen LogP contribution in [0.3, 0.4) is 0 Å². The standard InChI is InChI=1S/C15H18N2/c1-17(2)15-7-5-13(6-8-15)3-4-14-9-11-16-12-10-14/h3-11,16H,12H2,1-2H3/b4-3+. The van der Waals surface area contributed by atoms with E-state index in [1.807, 2.05) is 6.20 Å². The number of nitrogens with one attached hydrogen (secondary N) is 1. The van der Waals surface area contributed by atoms with Gasteiger partial charge in [0.05, 0.1) is 0 Å². The minimum Gasteiger partial charge on any atom is -0.387 e. The Morgan fingerprint density at radius 1 is 1.12 bits per heavy atom. The molecular formula is C15H18N2. The third-order valence-electron chi connectivity index (χ3n) is 2.73. The van der Waals surface area contributed by atoms with E-state index in [4.69, 9.17) is 0 Å². The van der Waals surface area contributed by atoms with Crippen molar-refractivity contribution in [3.05, 3.63) is 59.8 Å². The molecule has 1 N–H and O–H groups in total. The summed E-state index contributed by atoms with van der Waals surface area (Å²) in [5, 5.41) is 3.14. The molecule has 0 aliphatic carbocycles. The van der Waals surface area contributed by atoms with Crippen LogP contribution in [0.4, 0.5) is 5.69 Å². The lowest BCUT2D eigenvalue weighted by atomic mass is 10.1. The first-order valence-corrected chi connectivity index (χ1v) is 5.81. The van der Waals surface area contributed by atoms with Gasteiger partial charge in [-0.25, -0.2) is 0 Å². The fourth-order valence-corrected chi connectivity index (χ4v) is 1.67. The lowest BCUT2D eigenvalue weighted by Crippen LogP contribution is -2.08. The molecule has 0 bridgehead atoms. The number of nitrogens with zero attached hydrogens (tertiary/aromatic N) is 1. The Hall–Kier alpha value is -1.96. The van der Waals surface area contributed by atoms with Gasteiger partial charge in [0.1, 0.15) is 0 Å². The Kier molecular flexibility index (Phi) is 3.66. The summed E-state index contributed by atoms with van der Waals surface area (Å²) in [6, 6.07) is 8.53. The van der Waals surface area contributed by atoms with Crippen molar-refractivity contribution in [1.82, 2.24) is 5.32 Å². The number of dihydropyridines is 1. The van der Waals surface area contributed by atoms with Gasteiger partial charge in [-0.2, -0.15) is 0 Å². The van der Waals surface area contributed by atoms with Gasteiger partial charge in [-0.15, -0.1) is 0 Å². The van der Waals surface area contributed by atoms with E-state index in [1.54, 1.807) is 0 Å². The van der Waals surface area contributed by atoms with Crippen LogP contribution < -0.4 is 10.2 Å². The summed E-state index contributed by atoms with van der Waals surface area (Å²) in [7, 11) is 4.10. The molecule has 0 saturated carbocycles. The summed E-state index contributed by atoms with van der Waals surface area (Å²) >= 11 is 0. The van der Waals surface area contributed by atoms with E-state index in [2.05, 4.69) is 72.9 Å². The molecule has 0 saturated heterocycles. The van der Waals surface area contributed by atoms with Gasteiger partial charge in [0.2, 0.25) is 0 Å². The fourth-order valence-electron chi connectivity index (χ4n) is 1.67. The highest BCUT2D eigenvalue weighted by atomic mass is 15.1. The number of anilines is 1. The maximum Gasteiger partial charge on any atom is 0.0361 e. The quantitative estimate of drug-likeness (QED) is 0.852. The molecule has 0 amide bonds. The smallest absolute Gasteiger partial charge is 0.0361 e. The molecule has 2 nitrogen and oxygen atoms in total. The van der Waals surface area contributed by atoms with E-state index < -0.39 is 0 Å². The van der Waals surface area contributed by atoms with E-state index in [0.29, 0.717) is 0 Å². The molecular weight excluding hydrogens is 208 g/mol. The number of benzene rings is 1. The van der Waals surface area contributed by atoms with Crippen LogP contribution in [0.15, 0.2) is 54.3 Å². The molecule has 1 aliphatic heterocycles. The van der Waals surface area contributed by atoms with E-state index in [9.17, 15) is 0 Å². The molecule has 1 aliphatic rings. The zero-order valence-corrected chi connectivity index (χ0v) is 10.4. The molecule has 88 valence electrons. The second-order valence-corrected chi connectivity index (χ2v) is 4.26. The van der Waals surface area contributed by atoms with Crippen LogP contribution in [0.25, 0.3) is 6.08 Å². The maximum absolute atomic E-state index is 3.14. The minimum absolute atomic E-state index is 0.912. The first-order chi connectivity index (χ1) is 8.25. The van der Waals surface area contributed by atoms with Crippen LogP contribution in [0.1, 0.15) is 5.56 Å². The average molecular weight is 226 g/mol. The second-order valence-electron chi connectivity index (χ2n) is 4.26. The van der Waals surface area contributed by atoms with Crippen molar-refractivity contribution in [3.63, 3.8) is 0 Å². The maximum atomic E-state index is 3.14. The molecule has 0 radical (unpaired) electrons. The summed E-state index contributed by atoms with van der Waals surface area (Å²) in [5.74, 6) is 0. The first kappa shape index (κ1) is 11.5. The monoisotopic (exact) mass is 226 g/mol. The first-order valence-electron chi connectivity index (χ1n) is 5.81. The second kappa shape index (κ2) is 5.39. The lowest BCUT2D eigenvalue weighted by molar-refractivity contribution is 0.964. The van der Waals surface area contributed by atoms with Crippen molar-refractivity contribution in [2.24, 2.45) is 0 Å². The van der Waals surface area contributed by atoms with E-state index in [-0.39, 0.29) is 0 Å². The van der Waals surface area contributed by atoms with Crippen LogP contribution in [0.5, 0.6) is 0 Å². The number of allylic oxidation sites excluding steroid dienone is 3. The van der Waals surface area contributed by atoms with Gasteiger partial charge in [-0.3, -0.25) is 0 Å². The van der Waals surface area contributed by atoms with Crippen molar-refractivity contribution >= 4 is 11.8 Å². The topological polar surface area (TPSA) is 15.3 Å². The van der Waals surface area contributed by atoms with Crippen LogP contribution >= 0.6 is 0 Å².